The van der Waals surface area contributed by atoms with Crippen LogP contribution in [0.25, 0.3) is 0 Å². The predicted molar refractivity (Wildman–Crippen MR) is 146 cm³/mol. The molecular weight excluding hydrogens is 514 g/mol. The Labute approximate surface area is 232 Å². The third-order valence-electron chi connectivity index (χ3n) is 7.64. The van der Waals surface area contributed by atoms with E-state index in [1.54, 1.807) is 24.1 Å². The third kappa shape index (κ3) is 5.69. The maximum atomic E-state index is 13.4. The molecule has 210 valence electrons. The van der Waals surface area contributed by atoms with Crippen LogP contribution in [0.1, 0.15) is 45.5 Å². The van der Waals surface area contributed by atoms with Crippen molar-refractivity contribution in [1.29, 1.82) is 0 Å². The molecule has 0 aromatic heterocycles. The standard InChI is InChI=1S/C29H33N5O6/c1-31(29(39)40-19-20-7-3-2-4-8-20)13-6-14-32-15-17-33(18-16-32)22-10-5-9-21-25(22)28(38)34(27(21)37)23-11-12-24(35)30-26(23)36/h2-5,7-10,23H,6,11-19H2,1H3,(H,30,35,36). The number of carbonyl (C=O) groups excluding carboxylic acids is 5. The second-order valence-corrected chi connectivity index (χ2v) is 10.3. The van der Waals surface area contributed by atoms with Gasteiger partial charge in [-0.3, -0.25) is 34.3 Å². The van der Waals surface area contributed by atoms with Gasteiger partial charge < -0.3 is 14.5 Å². The van der Waals surface area contributed by atoms with E-state index in [1.165, 1.54) is 0 Å². The zero-order valence-corrected chi connectivity index (χ0v) is 22.5. The van der Waals surface area contributed by atoms with E-state index in [-0.39, 0.29) is 31.1 Å². The number of amides is 5. The van der Waals surface area contributed by atoms with Gasteiger partial charge in [0.15, 0.2) is 0 Å². The number of rotatable bonds is 8. The summed E-state index contributed by atoms with van der Waals surface area (Å²) in [6.07, 6.45) is 0.663. The molecule has 1 unspecified atom stereocenters. The van der Waals surface area contributed by atoms with E-state index in [1.807, 2.05) is 36.4 Å². The average Bonchev–Trinajstić information content (AvgIpc) is 3.22. The van der Waals surface area contributed by atoms with E-state index in [0.717, 1.165) is 36.5 Å². The Morgan fingerprint density at radius 1 is 0.975 bits per heavy atom. The Balaban J connectivity index is 1.12. The van der Waals surface area contributed by atoms with Crippen molar-refractivity contribution in [2.75, 3.05) is 51.2 Å². The van der Waals surface area contributed by atoms with Crippen LogP contribution >= 0.6 is 0 Å². The van der Waals surface area contributed by atoms with Gasteiger partial charge in [0.1, 0.15) is 12.6 Å². The Hall–Kier alpha value is -4.25. The predicted octanol–water partition coefficient (Wildman–Crippen LogP) is 1.87. The Morgan fingerprint density at radius 3 is 2.45 bits per heavy atom. The van der Waals surface area contributed by atoms with E-state index >= 15 is 0 Å². The number of carbonyl (C=O) groups is 5. The molecule has 2 fully saturated rings. The summed E-state index contributed by atoms with van der Waals surface area (Å²) in [5.74, 6) is -2.00. The average molecular weight is 548 g/mol. The van der Waals surface area contributed by atoms with Crippen molar-refractivity contribution >= 4 is 35.4 Å². The van der Waals surface area contributed by atoms with Crippen molar-refractivity contribution in [2.45, 2.75) is 31.9 Å². The van der Waals surface area contributed by atoms with Gasteiger partial charge in [-0.1, -0.05) is 36.4 Å². The molecule has 11 nitrogen and oxygen atoms in total. The summed E-state index contributed by atoms with van der Waals surface area (Å²) in [6.45, 7) is 4.52. The molecule has 0 radical (unpaired) electrons. The lowest BCUT2D eigenvalue weighted by atomic mass is 10.0. The lowest BCUT2D eigenvalue weighted by molar-refractivity contribution is -0.136. The number of benzene rings is 2. The molecule has 3 heterocycles. The van der Waals surface area contributed by atoms with Crippen LogP contribution < -0.4 is 10.2 Å². The summed E-state index contributed by atoms with van der Waals surface area (Å²) in [4.78, 5) is 69.8. The molecule has 11 heteroatoms. The molecule has 3 aliphatic heterocycles. The van der Waals surface area contributed by atoms with Crippen molar-refractivity contribution in [2.24, 2.45) is 0 Å². The fourth-order valence-corrected chi connectivity index (χ4v) is 5.43. The zero-order chi connectivity index (χ0) is 28.2. The number of piperazine rings is 1. The monoisotopic (exact) mass is 547 g/mol. The van der Waals surface area contributed by atoms with Gasteiger partial charge in [-0.2, -0.15) is 0 Å². The first-order chi connectivity index (χ1) is 19.3. The highest BCUT2D eigenvalue weighted by atomic mass is 16.6. The highest BCUT2D eigenvalue weighted by molar-refractivity contribution is 6.25. The highest BCUT2D eigenvalue weighted by Crippen LogP contribution is 2.34. The molecule has 2 aromatic rings. The van der Waals surface area contributed by atoms with Crippen molar-refractivity contribution in [3.63, 3.8) is 0 Å². The Bertz CT molecular complexity index is 1310. The molecule has 0 spiro atoms. The topological polar surface area (TPSA) is 120 Å². The van der Waals surface area contributed by atoms with Gasteiger partial charge >= 0.3 is 6.09 Å². The summed E-state index contributed by atoms with van der Waals surface area (Å²) in [5.41, 5.74) is 2.24. The van der Waals surface area contributed by atoms with E-state index in [9.17, 15) is 24.0 Å². The maximum absolute atomic E-state index is 13.4. The van der Waals surface area contributed by atoms with E-state index in [4.69, 9.17) is 4.74 Å². The van der Waals surface area contributed by atoms with Crippen LogP contribution in [0.5, 0.6) is 0 Å². The largest absolute Gasteiger partial charge is 0.445 e. The minimum absolute atomic E-state index is 0.0866. The van der Waals surface area contributed by atoms with Gasteiger partial charge in [0.2, 0.25) is 11.8 Å². The van der Waals surface area contributed by atoms with Gasteiger partial charge in [-0.25, -0.2) is 4.79 Å². The molecule has 40 heavy (non-hydrogen) atoms. The van der Waals surface area contributed by atoms with Gasteiger partial charge in [-0.15, -0.1) is 0 Å². The lowest BCUT2D eigenvalue weighted by Gasteiger charge is -2.37. The van der Waals surface area contributed by atoms with Crippen LogP contribution in [0.3, 0.4) is 0 Å². The van der Waals surface area contributed by atoms with Gasteiger partial charge in [0.25, 0.3) is 11.8 Å². The van der Waals surface area contributed by atoms with Gasteiger partial charge in [-0.05, 0) is 37.1 Å². The Morgan fingerprint density at radius 2 is 1.73 bits per heavy atom. The van der Waals surface area contributed by atoms with E-state index in [2.05, 4.69) is 15.1 Å². The number of piperidine rings is 1. The van der Waals surface area contributed by atoms with Crippen molar-refractivity contribution in [3.05, 3.63) is 65.2 Å². The number of fused-ring (bicyclic) bond motifs is 1. The summed E-state index contributed by atoms with van der Waals surface area (Å²) in [6, 6.07) is 13.8. The second-order valence-electron chi connectivity index (χ2n) is 10.3. The molecular formula is C29H33N5O6. The summed E-state index contributed by atoms with van der Waals surface area (Å²) < 4.78 is 5.38. The summed E-state index contributed by atoms with van der Waals surface area (Å²) in [5, 5.41) is 2.23. The van der Waals surface area contributed by atoms with Crippen LogP contribution in [0, 0.1) is 0 Å². The molecule has 2 aromatic carbocycles. The number of imide groups is 2. The molecule has 0 bridgehead atoms. The third-order valence-corrected chi connectivity index (χ3v) is 7.64. The molecule has 0 saturated carbocycles. The number of hydrogen-bond donors (Lipinski definition) is 1. The smallest absolute Gasteiger partial charge is 0.409 e. The fourth-order valence-electron chi connectivity index (χ4n) is 5.43. The Kier molecular flexibility index (Phi) is 8.11. The van der Waals surface area contributed by atoms with Crippen molar-refractivity contribution < 1.29 is 28.7 Å². The van der Waals surface area contributed by atoms with Crippen LogP contribution in [0.4, 0.5) is 10.5 Å². The first kappa shape index (κ1) is 27.3. The minimum Gasteiger partial charge on any atom is -0.445 e. The normalized spacial score (nSPS) is 19.5. The lowest BCUT2D eigenvalue weighted by Crippen LogP contribution is -2.54. The van der Waals surface area contributed by atoms with Crippen molar-refractivity contribution in [1.82, 2.24) is 20.0 Å². The second kappa shape index (κ2) is 11.9. The van der Waals surface area contributed by atoms with Gasteiger partial charge in [0, 0.05) is 46.2 Å². The zero-order valence-electron chi connectivity index (χ0n) is 22.5. The quantitative estimate of drug-likeness (QED) is 0.498. The number of anilines is 1. The SMILES string of the molecule is CN(CCCN1CCN(c2cccc3c2C(=O)N(C2CCC(=O)NC2=O)C3=O)CC1)C(=O)OCc1ccccc1. The summed E-state index contributed by atoms with van der Waals surface area (Å²) in [7, 11) is 1.73. The molecule has 5 rings (SSSR count). The molecule has 2 saturated heterocycles. The van der Waals surface area contributed by atoms with Crippen LogP contribution in [0.15, 0.2) is 48.5 Å². The van der Waals surface area contributed by atoms with Crippen LogP contribution in [-0.4, -0.2) is 96.8 Å². The van der Waals surface area contributed by atoms with Crippen LogP contribution in [-0.2, 0) is 20.9 Å². The number of nitrogens with zero attached hydrogens (tertiary/aromatic N) is 4. The number of nitrogens with one attached hydrogen (secondary N) is 1. The molecule has 3 aliphatic rings. The number of hydrogen-bond acceptors (Lipinski definition) is 8. The minimum atomic E-state index is -0.983. The van der Waals surface area contributed by atoms with Crippen molar-refractivity contribution in [3.8, 4) is 0 Å². The first-order valence-electron chi connectivity index (χ1n) is 13.6. The number of ether oxygens (including phenoxy) is 1. The molecule has 1 N–H and O–H groups in total. The molecule has 0 aliphatic carbocycles. The fraction of sp³-hybridized carbons (Fsp3) is 0.414. The van der Waals surface area contributed by atoms with E-state index in [0.29, 0.717) is 30.9 Å². The van der Waals surface area contributed by atoms with E-state index < -0.39 is 29.7 Å². The molecule has 1 atom stereocenters. The summed E-state index contributed by atoms with van der Waals surface area (Å²) >= 11 is 0. The first-order valence-corrected chi connectivity index (χ1v) is 13.6. The highest BCUT2D eigenvalue weighted by Gasteiger charge is 2.46. The maximum Gasteiger partial charge on any atom is 0.409 e. The van der Waals surface area contributed by atoms with Crippen LogP contribution in [0.2, 0.25) is 0 Å². The molecule has 5 amide bonds. The van der Waals surface area contributed by atoms with Gasteiger partial charge in [0.05, 0.1) is 16.8 Å².